The van der Waals surface area contributed by atoms with E-state index in [2.05, 4.69) is 286 Å². The van der Waals surface area contributed by atoms with Crippen LogP contribution in [0.4, 0.5) is 39.8 Å². The molecule has 2 aromatic heterocycles. The number of nitriles is 1. The van der Waals surface area contributed by atoms with Crippen LogP contribution in [-0.2, 0) is 0 Å². The molecule has 0 bridgehead atoms. The Labute approximate surface area is 568 Å². The number of benzene rings is 14. The van der Waals surface area contributed by atoms with Gasteiger partial charge in [0.15, 0.2) is 23.2 Å². The van der Waals surface area contributed by atoms with E-state index in [4.69, 9.17) is 21.5 Å². The van der Waals surface area contributed by atoms with Crippen LogP contribution in [0.15, 0.2) is 334 Å². The minimum atomic E-state index is -0.312. The van der Waals surface area contributed by atoms with E-state index in [-0.39, 0.29) is 6.71 Å². The number of aromatic nitrogens is 4. The first-order valence-corrected chi connectivity index (χ1v) is 32.8. The van der Waals surface area contributed by atoms with Gasteiger partial charge in [-0.2, -0.15) is 5.26 Å². The minimum absolute atomic E-state index is 0.312. The maximum absolute atomic E-state index is 10.9. The van der Waals surface area contributed by atoms with Crippen LogP contribution >= 0.6 is 0 Å². The summed E-state index contributed by atoms with van der Waals surface area (Å²) in [6, 6.07) is 120. The van der Waals surface area contributed by atoms with Crippen molar-refractivity contribution in [3.8, 4) is 102 Å². The van der Waals surface area contributed by atoms with Crippen molar-refractivity contribution < 1.29 is 0 Å². The molecule has 0 fully saturated rings. The highest BCUT2D eigenvalue weighted by molar-refractivity contribution is 7.00. The van der Waals surface area contributed by atoms with Gasteiger partial charge in [0.2, 0.25) is 0 Å². The SMILES string of the molecule is [C-]#[N+]c1ccc2c(c1)N(c1cc(-c3ccccc3)cc(-c3ccccc3)c1)c1cc(-c3ccc4c(c3)c3ccccc3n4-c3ccccc3-c3nc(-c4ccccc4)nc(-c4ccccc4)n3)cc3c1B2c1ccc(C#N)cc1N3c1cc(-c2ccccc2)cc(-c2ccccc2)c1. The van der Waals surface area contributed by atoms with Gasteiger partial charge in [-0.3, -0.25) is 0 Å². The highest BCUT2D eigenvalue weighted by atomic mass is 15.2. The number of fused-ring (bicyclic) bond motifs is 7. The molecule has 8 nitrogen and oxygen atoms in total. The third-order valence-corrected chi connectivity index (χ3v) is 19.2. The molecule has 0 N–H and O–H groups in total. The molecule has 14 aromatic carbocycles. The summed E-state index contributed by atoms with van der Waals surface area (Å²) >= 11 is 0. The maximum Gasteiger partial charge on any atom is 0.251 e. The molecule has 0 saturated carbocycles. The Bertz CT molecular complexity index is 5520. The van der Waals surface area contributed by atoms with Crippen molar-refractivity contribution in [1.82, 2.24) is 19.5 Å². The Hall–Kier alpha value is -13.5. The third-order valence-electron chi connectivity index (χ3n) is 19.2. The lowest BCUT2D eigenvalue weighted by Crippen LogP contribution is -2.61. The molecule has 98 heavy (non-hydrogen) atoms. The molecule has 0 unspecified atom stereocenters. The molecule has 4 heterocycles. The van der Waals surface area contributed by atoms with E-state index in [9.17, 15) is 5.26 Å². The fourth-order valence-corrected chi connectivity index (χ4v) is 14.7. The molecule has 2 aliphatic heterocycles. The van der Waals surface area contributed by atoms with Crippen molar-refractivity contribution in [2.45, 2.75) is 0 Å². The normalized spacial score (nSPS) is 12.0. The van der Waals surface area contributed by atoms with Crippen molar-refractivity contribution in [3.05, 3.63) is 351 Å². The Balaban J connectivity index is 0.912. The van der Waals surface area contributed by atoms with Crippen molar-refractivity contribution in [1.29, 1.82) is 5.26 Å². The average Bonchev–Trinajstić information content (AvgIpc) is 0.767. The highest BCUT2D eigenvalue weighted by Crippen LogP contribution is 2.50. The molecular weight excluding hydrogens is 1190 g/mol. The van der Waals surface area contributed by atoms with Crippen LogP contribution in [0.1, 0.15) is 5.56 Å². The first-order chi connectivity index (χ1) is 48.5. The van der Waals surface area contributed by atoms with Gasteiger partial charge >= 0.3 is 0 Å². The molecule has 2 aliphatic rings. The number of hydrogen-bond acceptors (Lipinski definition) is 6. The average molecular weight is 1250 g/mol. The Morgan fingerprint density at radius 3 is 1.26 bits per heavy atom. The highest BCUT2D eigenvalue weighted by Gasteiger charge is 2.44. The Morgan fingerprint density at radius 1 is 0.316 bits per heavy atom. The largest absolute Gasteiger partial charge is 0.313 e. The second kappa shape index (κ2) is 23.8. The van der Waals surface area contributed by atoms with E-state index in [0.717, 1.165) is 150 Å². The topological polar surface area (TPSA) is 78.2 Å². The Kier molecular flexibility index (Phi) is 13.9. The van der Waals surface area contributed by atoms with Crippen LogP contribution < -0.4 is 26.2 Å². The zero-order valence-corrected chi connectivity index (χ0v) is 52.9. The van der Waals surface area contributed by atoms with Gasteiger partial charge in [0.25, 0.3) is 6.71 Å². The summed E-state index contributed by atoms with van der Waals surface area (Å²) in [5.41, 5.74) is 26.2. The molecule has 0 aliphatic carbocycles. The number of anilines is 6. The monoisotopic (exact) mass is 1250 g/mol. The molecule has 0 spiro atoms. The predicted molar refractivity (Wildman–Crippen MR) is 403 cm³/mol. The van der Waals surface area contributed by atoms with Crippen molar-refractivity contribution in [3.63, 3.8) is 0 Å². The van der Waals surface area contributed by atoms with Gasteiger partial charge < -0.3 is 14.4 Å². The summed E-state index contributed by atoms with van der Waals surface area (Å²) in [5, 5.41) is 13.1. The number of hydrogen-bond donors (Lipinski definition) is 0. The molecule has 0 atom stereocenters. The molecular formula is C89H55BN8. The minimum Gasteiger partial charge on any atom is -0.313 e. The van der Waals surface area contributed by atoms with E-state index >= 15 is 0 Å². The first-order valence-electron chi connectivity index (χ1n) is 32.8. The van der Waals surface area contributed by atoms with E-state index in [1.165, 1.54) is 0 Å². The van der Waals surface area contributed by atoms with Gasteiger partial charge in [0.1, 0.15) is 0 Å². The van der Waals surface area contributed by atoms with Crippen LogP contribution in [-0.4, -0.2) is 26.2 Å². The molecule has 0 saturated heterocycles. The van der Waals surface area contributed by atoms with E-state index in [0.29, 0.717) is 28.7 Å². The van der Waals surface area contributed by atoms with Gasteiger partial charge in [0, 0.05) is 61.6 Å². The van der Waals surface area contributed by atoms with Crippen LogP contribution in [0.2, 0.25) is 0 Å². The van der Waals surface area contributed by atoms with Gasteiger partial charge in [-0.15, -0.1) is 0 Å². The summed E-state index contributed by atoms with van der Waals surface area (Å²) in [7, 11) is 0. The second-order valence-electron chi connectivity index (χ2n) is 24.9. The summed E-state index contributed by atoms with van der Waals surface area (Å²) in [5.74, 6) is 1.75. The molecule has 9 heteroatoms. The zero-order chi connectivity index (χ0) is 65.2. The molecule has 0 amide bonds. The fourth-order valence-electron chi connectivity index (χ4n) is 14.7. The summed E-state index contributed by atoms with van der Waals surface area (Å²) in [4.78, 5) is 24.5. The van der Waals surface area contributed by atoms with Gasteiger partial charge in [0.05, 0.1) is 34.9 Å². The van der Waals surface area contributed by atoms with Crippen LogP contribution in [0.5, 0.6) is 0 Å². The molecule has 16 aromatic rings. The lowest BCUT2D eigenvalue weighted by Gasteiger charge is -2.45. The quantitative estimate of drug-likeness (QED) is 0.0948. The molecule has 454 valence electrons. The summed E-state index contributed by atoms with van der Waals surface area (Å²) < 4.78 is 2.35. The van der Waals surface area contributed by atoms with Crippen molar-refractivity contribution >= 4 is 84.7 Å². The smallest absolute Gasteiger partial charge is 0.251 e. The van der Waals surface area contributed by atoms with Crippen LogP contribution in [0, 0.1) is 17.9 Å². The Morgan fingerprint density at radius 2 is 0.745 bits per heavy atom. The number of nitrogens with zero attached hydrogens (tertiary/aromatic N) is 8. The van der Waals surface area contributed by atoms with Crippen molar-refractivity contribution in [2.75, 3.05) is 9.80 Å². The van der Waals surface area contributed by atoms with E-state index in [1.54, 1.807) is 0 Å². The zero-order valence-electron chi connectivity index (χ0n) is 52.9. The fraction of sp³-hybridized carbons (Fsp3) is 0. The van der Waals surface area contributed by atoms with Crippen LogP contribution in [0.25, 0.3) is 122 Å². The lowest BCUT2D eigenvalue weighted by molar-refractivity contribution is 1.06. The summed E-state index contributed by atoms with van der Waals surface area (Å²) in [6.45, 7) is 8.26. The standard InChI is InChI=1S/C89H55BN8/c1-92-71-42-44-78-83(56-71)97(73-51-68(61-28-12-4-13-29-61)48-69(52-73)62-30-14-5-15-31-62)85-55-70(54-84-86(85)90(78)77-43-40-58(57-91)46-82(77)96(84)72-49-66(59-24-8-2-9-25-59)47-67(50-72)60-26-10-3-11-27-60)65-41-45-81-76(53-65)74-36-20-22-38-79(74)98(81)80-39-23-21-37-75(80)89-94-87(63-32-16-6-17-33-63)93-88(95-89)64-34-18-7-19-35-64/h2-56H. The first kappa shape index (κ1) is 57.2. The third kappa shape index (κ3) is 9.89. The van der Waals surface area contributed by atoms with Gasteiger partial charge in [-0.25, -0.2) is 19.8 Å². The van der Waals surface area contributed by atoms with E-state index in [1.807, 2.05) is 72.8 Å². The number of para-hydroxylation sites is 2. The second-order valence-corrected chi connectivity index (χ2v) is 24.9. The lowest BCUT2D eigenvalue weighted by atomic mass is 9.33. The van der Waals surface area contributed by atoms with Crippen molar-refractivity contribution in [2.24, 2.45) is 0 Å². The number of rotatable bonds is 11. The van der Waals surface area contributed by atoms with E-state index < -0.39 is 0 Å². The predicted octanol–water partition coefficient (Wildman–Crippen LogP) is 20.8. The molecule has 0 radical (unpaired) electrons. The summed E-state index contributed by atoms with van der Waals surface area (Å²) in [6.07, 6.45) is 0. The van der Waals surface area contributed by atoms with Gasteiger partial charge in [-0.1, -0.05) is 237 Å². The van der Waals surface area contributed by atoms with Gasteiger partial charge in [-0.05, 0) is 169 Å². The molecule has 18 rings (SSSR count). The maximum atomic E-state index is 10.9. The van der Waals surface area contributed by atoms with Crippen LogP contribution in [0.3, 0.4) is 0 Å².